The number of carbonyl (C=O) groups excluding carboxylic acids is 2. The van der Waals surface area contributed by atoms with Gasteiger partial charge in [0.2, 0.25) is 21.8 Å². The van der Waals surface area contributed by atoms with Crippen molar-refractivity contribution in [1.82, 2.24) is 14.1 Å². The minimum Gasteiger partial charge on any atom is -0.493 e. The van der Waals surface area contributed by atoms with Gasteiger partial charge >= 0.3 is 0 Å². The van der Waals surface area contributed by atoms with E-state index in [9.17, 15) is 18.0 Å². The molecule has 0 unspecified atom stereocenters. The average molecular weight is 426 g/mol. The number of nitrogens with zero attached hydrogens (tertiary/aromatic N) is 3. The van der Waals surface area contributed by atoms with Crippen molar-refractivity contribution < 1.29 is 27.5 Å². The summed E-state index contributed by atoms with van der Waals surface area (Å²) in [6, 6.07) is 7.29. The molecule has 0 aromatic heterocycles. The van der Waals surface area contributed by atoms with Crippen LogP contribution in [0.5, 0.6) is 11.5 Å². The van der Waals surface area contributed by atoms with E-state index in [1.165, 1.54) is 10.6 Å². The molecule has 2 heterocycles. The van der Waals surface area contributed by atoms with Crippen molar-refractivity contribution in [3.05, 3.63) is 24.3 Å². The van der Waals surface area contributed by atoms with Crippen molar-refractivity contribution in [1.29, 1.82) is 0 Å². The lowest BCUT2D eigenvalue weighted by Gasteiger charge is -2.34. The molecule has 2 amide bonds. The summed E-state index contributed by atoms with van der Waals surface area (Å²) in [7, 11) is -1.67. The Morgan fingerprint density at radius 2 is 1.79 bits per heavy atom. The van der Waals surface area contributed by atoms with Crippen molar-refractivity contribution in [2.24, 2.45) is 5.92 Å². The number of ether oxygens (including phenoxy) is 2. The van der Waals surface area contributed by atoms with E-state index in [1.54, 1.807) is 29.0 Å². The third kappa shape index (κ3) is 5.18. The van der Waals surface area contributed by atoms with Crippen molar-refractivity contribution in [2.45, 2.75) is 6.42 Å². The number of likely N-dealkylation sites (tertiary alicyclic amines) is 1. The van der Waals surface area contributed by atoms with Crippen LogP contribution in [-0.2, 0) is 19.6 Å². The fourth-order valence-electron chi connectivity index (χ4n) is 3.66. The number of sulfonamides is 1. The van der Waals surface area contributed by atoms with Crippen LogP contribution in [0, 0.1) is 5.92 Å². The van der Waals surface area contributed by atoms with Crippen LogP contribution >= 0.6 is 0 Å². The Morgan fingerprint density at radius 3 is 2.41 bits per heavy atom. The maximum atomic E-state index is 12.8. The number of para-hydroxylation sites is 2. The predicted octanol–water partition coefficient (Wildman–Crippen LogP) is 0.0263. The van der Waals surface area contributed by atoms with Crippen LogP contribution in [-0.4, -0.2) is 93.6 Å². The van der Waals surface area contributed by atoms with E-state index < -0.39 is 15.9 Å². The first-order valence-corrected chi connectivity index (χ1v) is 11.4. The smallest absolute Gasteiger partial charge is 0.228 e. The lowest BCUT2D eigenvalue weighted by Crippen LogP contribution is -2.51. The molecule has 0 spiro atoms. The van der Waals surface area contributed by atoms with Gasteiger partial charge in [0.25, 0.3) is 0 Å². The van der Waals surface area contributed by atoms with Gasteiger partial charge in [0.15, 0.2) is 11.5 Å². The lowest BCUT2D eigenvalue weighted by atomic mass is 10.1. The molecule has 2 fully saturated rings. The summed E-state index contributed by atoms with van der Waals surface area (Å²) in [4.78, 5) is 28.4. The number of amides is 2. The van der Waals surface area contributed by atoms with E-state index in [4.69, 9.17) is 9.47 Å². The van der Waals surface area contributed by atoms with Gasteiger partial charge in [-0.3, -0.25) is 9.59 Å². The highest BCUT2D eigenvalue weighted by Gasteiger charge is 2.37. The van der Waals surface area contributed by atoms with Gasteiger partial charge < -0.3 is 19.3 Å². The monoisotopic (exact) mass is 425 g/mol. The molecule has 2 aliphatic heterocycles. The highest BCUT2D eigenvalue weighted by atomic mass is 32.2. The Kier molecular flexibility index (Phi) is 6.63. The Morgan fingerprint density at radius 1 is 1.14 bits per heavy atom. The van der Waals surface area contributed by atoms with E-state index >= 15 is 0 Å². The van der Waals surface area contributed by atoms with E-state index in [0.29, 0.717) is 57.4 Å². The average Bonchev–Trinajstić information content (AvgIpc) is 3.08. The molecule has 9 nitrogen and oxygen atoms in total. The molecule has 2 aliphatic rings. The zero-order valence-corrected chi connectivity index (χ0v) is 17.6. The van der Waals surface area contributed by atoms with Gasteiger partial charge in [-0.25, -0.2) is 8.42 Å². The summed E-state index contributed by atoms with van der Waals surface area (Å²) in [5.41, 5.74) is 0. The fraction of sp³-hybridized carbons (Fsp3) is 0.579. The van der Waals surface area contributed by atoms with Gasteiger partial charge in [-0.15, -0.1) is 0 Å². The summed E-state index contributed by atoms with van der Waals surface area (Å²) >= 11 is 0. The zero-order valence-electron chi connectivity index (χ0n) is 16.7. The molecule has 0 aliphatic carbocycles. The van der Waals surface area contributed by atoms with Crippen molar-refractivity contribution in [2.75, 3.05) is 59.2 Å². The third-order valence-corrected chi connectivity index (χ3v) is 6.57. The van der Waals surface area contributed by atoms with Crippen LogP contribution < -0.4 is 9.47 Å². The van der Waals surface area contributed by atoms with E-state index in [1.807, 2.05) is 12.1 Å². The predicted molar refractivity (Wildman–Crippen MR) is 106 cm³/mol. The van der Waals surface area contributed by atoms with Crippen LogP contribution in [0.15, 0.2) is 24.3 Å². The molecule has 1 aromatic carbocycles. The summed E-state index contributed by atoms with van der Waals surface area (Å²) in [6.07, 6.45) is 1.35. The van der Waals surface area contributed by atoms with Gasteiger partial charge in [-0.1, -0.05) is 12.1 Å². The first-order chi connectivity index (χ1) is 13.8. The molecule has 1 atom stereocenters. The molecular formula is C19H27N3O6S. The topological polar surface area (TPSA) is 96.5 Å². The number of benzene rings is 1. The van der Waals surface area contributed by atoms with E-state index in [0.717, 1.165) is 0 Å². The van der Waals surface area contributed by atoms with Crippen LogP contribution in [0.1, 0.15) is 6.42 Å². The maximum Gasteiger partial charge on any atom is 0.228 e. The molecule has 0 radical (unpaired) electrons. The molecule has 0 saturated carbocycles. The molecule has 1 aromatic rings. The third-order valence-electron chi connectivity index (χ3n) is 5.27. The van der Waals surface area contributed by atoms with Crippen LogP contribution in [0.4, 0.5) is 0 Å². The van der Waals surface area contributed by atoms with Crippen LogP contribution in [0.3, 0.4) is 0 Å². The first-order valence-electron chi connectivity index (χ1n) is 9.57. The zero-order chi connectivity index (χ0) is 21.0. The fourth-order valence-corrected chi connectivity index (χ4v) is 4.48. The number of hydrogen-bond acceptors (Lipinski definition) is 6. The van der Waals surface area contributed by atoms with Crippen molar-refractivity contribution in [3.63, 3.8) is 0 Å². The Labute approximate surface area is 171 Å². The highest BCUT2D eigenvalue weighted by molar-refractivity contribution is 7.88. The Balaban J connectivity index is 1.48. The number of carbonyl (C=O) groups is 2. The lowest BCUT2D eigenvalue weighted by molar-refractivity contribution is -0.137. The Bertz CT molecular complexity index is 851. The Hall–Kier alpha value is -2.33. The molecule has 10 heteroatoms. The molecule has 160 valence electrons. The second-order valence-corrected chi connectivity index (χ2v) is 9.21. The summed E-state index contributed by atoms with van der Waals surface area (Å²) in [6.45, 7) is 2.35. The SMILES string of the molecule is COc1ccccc1OCCN1C[C@H](C(=O)N2CCN(S(C)(=O)=O)CC2)CC1=O. The maximum absolute atomic E-state index is 12.8. The van der Waals surface area contributed by atoms with Gasteiger partial charge in [-0.05, 0) is 12.1 Å². The summed E-state index contributed by atoms with van der Waals surface area (Å²) in [5, 5.41) is 0. The highest BCUT2D eigenvalue weighted by Crippen LogP contribution is 2.26. The van der Waals surface area contributed by atoms with Crippen LogP contribution in [0.2, 0.25) is 0 Å². The largest absolute Gasteiger partial charge is 0.493 e. The summed E-state index contributed by atoms with van der Waals surface area (Å²) in [5.74, 6) is 0.694. The molecule has 0 N–H and O–H groups in total. The first kappa shape index (κ1) is 21.4. The molecule has 0 bridgehead atoms. The second kappa shape index (κ2) is 9.00. The quantitative estimate of drug-likeness (QED) is 0.611. The molecule has 2 saturated heterocycles. The van der Waals surface area contributed by atoms with Gasteiger partial charge in [-0.2, -0.15) is 4.31 Å². The standard InChI is InChI=1S/C19H27N3O6S/c1-27-16-5-3-4-6-17(16)28-12-11-21-14-15(13-18(21)23)19(24)20-7-9-22(10-8-20)29(2,25)26/h3-6,15H,7-14H2,1-2H3/t15-/m1/s1. The van der Waals surface area contributed by atoms with Crippen molar-refractivity contribution >= 4 is 21.8 Å². The van der Waals surface area contributed by atoms with Crippen LogP contribution in [0.25, 0.3) is 0 Å². The summed E-state index contributed by atoms with van der Waals surface area (Å²) < 4.78 is 35.5. The molecule has 3 rings (SSSR count). The molecule has 29 heavy (non-hydrogen) atoms. The van der Waals surface area contributed by atoms with Crippen molar-refractivity contribution in [3.8, 4) is 11.5 Å². The minimum absolute atomic E-state index is 0.0678. The normalized spacial score (nSPS) is 20.8. The second-order valence-electron chi connectivity index (χ2n) is 7.23. The number of methoxy groups -OCH3 is 1. The van der Waals surface area contributed by atoms with E-state index in [2.05, 4.69) is 0 Å². The number of piperazine rings is 1. The molecular weight excluding hydrogens is 398 g/mol. The van der Waals surface area contributed by atoms with Gasteiger partial charge in [0, 0.05) is 39.1 Å². The van der Waals surface area contributed by atoms with E-state index in [-0.39, 0.29) is 18.2 Å². The minimum atomic E-state index is -3.24. The number of hydrogen-bond donors (Lipinski definition) is 0. The number of rotatable bonds is 7. The van der Waals surface area contributed by atoms with Gasteiger partial charge in [0.1, 0.15) is 6.61 Å². The van der Waals surface area contributed by atoms with Gasteiger partial charge in [0.05, 0.1) is 25.8 Å².